The Hall–Kier alpha value is -2.48. The molecule has 2 heterocycles. The van der Waals surface area contributed by atoms with Crippen molar-refractivity contribution in [1.29, 1.82) is 0 Å². The molecule has 0 aliphatic heterocycles. The quantitative estimate of drug-likeness (QED) is 0.469. The first-order chi connectivity index (χ1) is 13.3. The van der Waals surface area contributed by atoms with Crippen LogP contribution in [0, 0.1) is 13.8 Å². The van der Waals surface area contributed by atoms with Gasteiger partial charge in [-0.15, -0.1) is 0 Å². The van der Waals surface area contributed by atoms with E-state index in [9.17, 15) is 8.42 Å². The molecule has 28 heavy (non-hydrogen) atoms. The highest BCUT2D eigenvalue weighted by atomic mass is 35.5. The third-order valence-corrected chi connectivity index (χ3v) is 7.09. The Kier molecular flexibility index (Phi) is 4.82. The average Bonchev–Trinajstić information content (AvgIpc) is 3.09. The number of fused-ring (bicyclic) bond motifs is 1. The Morgan fingerprint density at radius 2 is 1.86 bits per heavy atom. The van der Waals surface area contributed by atoms with E-state index in [2.05, 4.69) is 14.7 Å². The van der Waals surface area contributed by atoms with Crippen LogP contribution in [0.3, 0.4) is 0 Å². The monoisotopic (exact) mass is 429 g/mol. The van der Waals surface area contributed by atoms with Gasteiger partial charge in [0.05, 0.1) is 10.6 Å². The van der Waals surface area contributed by atoms with Gasteiger partial charge in [-0.1, -0.05) is 29.0 Å². The van der Waals surface area contributed by atoms with E-state index in [0.29, 0.717) is 16.3 Å². The number of hydrogen-bond donors (Lipinski definition) is 1. The van der Waals surface area contributed by atoms with Crippen molar-refractivity contribution in [3.05, 3.63) is 70.9 Å². The molecule has 0 aliphatic carbocycles. The molecule has 0 aliphatic rings. The lowest BCUT2D eigenvalue weighted by Crippen LogP contribution is -2.15. The van der Waals surface area contributed by atoms with Gasteiger partial charge in [0.1, 0.15) is 15.4 Å². The molecule has 0 unspecified atom stereocenters. The van der Waals surface area contributed by atoms with Crippen molar-refractivity contribution >= 4 is 49.0 Å². The minimum atomic E-state index is -3.74. The molecule has 0 saturated carbocycles. The molecule has 2 aromatic carbocycles. The molecule has 8 heteroatoms. The Morgan fingerprint density at radius 3 is 2.61 bits per heavy atom. The topological polar surface area (TPSA) is 72.0 Å². The van der Waals surface area contributed by atoms with Gasteiger partial charge in [0.15, 0.2) is 0 Å². The molecule has 4 rings (SSSR count). The second-order valence-corrected chi connectivity index (χ2v) is 9.46. The molecule has 0 radical (unpaired) electrons. The zero-order chi connectivity index (χ0) is 19.9. The normalized spacial score (nSPS) is 11.7. The van der Waals surface area contributed by atoms with Gasteiger partial charge in [0.25, 0.3) is 10.0 Å². The maximum absolute atomic E-state index is 12.8. The summed E-state index contributed by atoms with van der Waals surface area (Å²) in [5.74, 6) is 0. The van der Waals surface area contributed by atoms with Gasteiger partial charge in [-0.2, -0.15) is 0 Å². The highest BCUT2D eigenvalue weighted by Gasteiger charge is 2.19. The number of aryl methyl sites for hydroxylation is 2. The summed E-state index contributed by atoms with van der Waals surface area (Å²) in [6.45, 7) is 3.60. The lowest BCUT2D eigenvalue weighted by molar-refractivity contribution is 0.600. The van der Waals surface area contributed by atoms with Crippen LogP contribution >= 0.6 is 22.9 Å². The average molecular weight is 430 g/mol. The van der Waals surface area contributed by atoms with E-state index in [1.807, 2.05) is 31.2 Å². The van der Waals surface area contributed by atoms with E-state index in [-0.39, 0.29) is 4.90 Å². The van der Waals surface area contributed by atoms with Crippen LogP contribution in [0.2, 0.25) is 5.02 Å². The van der Waals surface area contributed by atoms with Gasteiger partial charge in [0, 0.05) is 16.8 Å². The molecule has 2 aromatic heterocycles. The van der Waals surface area contributed by atoms with Crippen molar-refractivity contribution in [1.82, 2.24) is 9.97 Å². The number of hydrogen-bond acceptors (Lipinski definition) is 5. The number of anilines is 1. The molecular weight excluding hydrogens is 414 g/mol. The van der Waals surface area contributed by atoms with Crippen molar-refractivity contribution in [3.8, 4) is 10.6 Å². The number of pyridine rings is 1. The molecule has 0 fully saturated rings. The van der Waals surface area contributed by atoms with Crippen LogP contribution in [0.1, 0.15) is 11.1 Å². The van der Waals surface area contributed by atoms with Crippen LogP contribution in [-0.4, -0.2) is 18.4 Å². The first kappa shape index (κ1) is 18.9. The van der Waals surface area contributed by atoms with Crippen molar-refractivity contribution in [2.75, 3.05) is 4.72 Å². The summed E-state index contributed by atoms with van der Waals surface area (Å²) in [5.41, 5.74) is 3.72. The summed E-state index contributed by atoms with van der Waals surface area (Å²) in [6, 6.07) is 14.1. The first-order valence-corrected chi connectivity index (χ1v) is 11.1. The fourth-order valence-electron chi connectivity index (χ4n) is 2.87. The summed E-state index contributed by atoms with van der Waals surface area (Å²) in [6.07, 6.45) is 1.74. The number of thiazole rings is 1. The molecule has 0 saturated heterocycles. The van der Waals surface area contributed by atoms with Crippen molar-refractivity contribution < 1.29 is 8.42 Å². The number of rotatable bonds is 4. The molecule has 5 nitrogen and oxygen atoms in total. The molecule has 1 N–H and O–H groups in total. The number of sulfonamides is 1. The van der Waals surface area contributed by atoms with E-state index in [0.717, 1.165) is 26.5 Å². The Labute approximate surface area is 172 Å². The zero-order valence-corrected chi connectivity index (χ0v) is 17.5. The van der Waals surface area contributed by atoms with Crippen LogP contribution in [0.15, 0.2) is 59.6 Å². The summed E-state index contributed by atoms with van der Waals surface area (Å²) in [4.78, 5) is 9.96. The Bertz CT molecular complexity index is 1270. The molecule has 0 spiro atoms. The molecule has 142 valence electrons. The number of nitrogens with one attached hydrogen (secondary N) is 1. The standard InChI is InChI=1S/C20H16ClN3O2S2/c1-12-5-7-15(21)11-18(12)28(25,26)24-16-8-6-14(10-13(16)2)19-23-17-4-3-9-22-20(17)27-19/h3-11,24H,1-2H3. The molecule has 0 amide bonds. The van der Waals surface area contributed by atoms with Gasteiger partial charge in [0.2, 0.25) is 0 Å². The van der Waals surface area contributed by atoms with E-state index >= 15 is 0 Å². The number of nitrogens with zero attached hydrogens (tertiary/aromatic N) is 2. The number of benzene rings is 2. The smallest absolute Gasteiger partial charge is 0.262 e. The lowest BCUT2D eigenvalue weighted by atomic mass is 10.1. The zero-order valence-electron chi connectivity index (χ0n) is 15.1. The maximum atomic E-state index is 12.8. The van der Waals surface area contributed by atoms with Crippen molar-refractivity contribution in [2.24, 2.45) is 0 Å². The highest BCUT2D eigenvalue weighted by Crippen LogP contribution is 2.32. The third kappa shape index (κ3) is 3.61. The van der Waals surface area contributed by atoms with E-state index < -0.39 is 10.0 Å². The fraction of sp³-hybridized carbons (Fsp3) is 0.100. The molecular formula is C20H16ClN3O2S2. The van der Waals surface area contributed by atoms with E-state index in [1.165, 1.54) is 17.4 Å². The summed E-state index contributed by atoms with van der Waals surface area (Å²) in [7, 11) is -3.74. The van der Waals surface area contributed by atoms with E-state index in [4.69, 9.17) is 11.6 Å². The minimum absolute atomic E-state index is 0.167. The third-order valence-electron chi connectivity index (χ3n) is 4.32. The van der Waals surface area contributed by atoms with Crippen molar-refractivity contribution in [2.45, 2.75) is 18.7 Å². The van der Waals surface area contributed by atoms with Crippen LogP contribution in [0.4, 0.5) is 5.69 Å². The SMILES string of the molecule is Cc1cc(-c2nc3cccnc3s2)ccc1NS(=O)(=O)c1cc(Cl)ccc1C. The molecule has 0 atom stereocenters. The van der Waals surface area contributed by atoms with Gasteiger partial charge in [-0.25, -0.2) is 18.4 Å². The summed E-state index contributed by atoms with van der Waals surface area (Å²) < 4.78 is 28.3. The predicted molar refractivity (Wildman–Crippen MR) is 115 cm³/mol. The molecule has 4 aromatic rings. The van der Waals surface area contributed by atoms with E-state index in [1.54, 1.807) is 31.3 Å². The first-order valence-electron chi connectivity index (χ1n) is 8.45. The lowest BCUT2D eigenvalue weighted by Gasteiger charge is -2.13. The minimum Gasteiger partial charge on any atom is -0.279 e. The van der Waals surface area contributed by atoms with Crippen LogP contribution in [0.5, 0.6) is 0 Å². The Morgan fingerprint density at radius 1 is 1.04 bits per heavy atom. The van der Waals surface area contributed by atoms with Gasteiger partial charge >= 0.3 is 0 Å². The summed E-state index contributed by atoms with van der Waals surface area (Å²) in [5, 5.41) is 1.22. The van der Waals surface area contributed by atoms with Crippen LogP contribution < -0.4 is 4.72 Å². The second kappa shape index (κ2) is 7.16. The maximum Gasteiger partial charge on any atom is 0.262 e. The van der Waals surface area contributed by atoms with Gasteiger partial charge in [-0.3, -0.25) is 4.72 Å². The number of aromatic nitrogens is 2. The largest absolute Gasteiger partial charge is 0.279 e. The van der Waals surface area contributed by atoms with Gasteiger partial charge in [-0.05, 0) is 67.4 Å². The fourth-order valence-corrected chi connectivity index (χ4v) is 5.41. The van der Waals surface area contributed by atoms with Crippen LogP contribution in [0.25, 0.3) is 20.9 Å². The number of halogens is 1. The van der Waals surface area contributed by atoms with Gasteiger partial charge < -0.3 is 0 Å². The summed E-state index contributed by atoms with van der Waals surface area (Å²) >= 11 is 7.48. The Balaban J connectivity index is 1.67. The van der Waals surface area contributed by atoms with Crippen molar-refractivity contribution in [3.63, 3.8) is 0 Å². The highest BCUT2D eigenvalue weighted by molar-refractivity contribution is 7.92. The predicted octanol–water partition coefficient (Wildman–Crippen LogP) is 5.43. The second-order valence-electron chi connectivity index (χ2n) is 6.39. The van der Waals surface area contributed by atoms with Crippen LogP contribution in [-0.2, 0) is 10.0 Å². The molecule has 0 bridgehead atoms.